The molecule has 4 nitrogen and oxygen atoms in total. The van der Waals surface area contributed by atoms with Crippen molar-refractivity contribution in [2.75, 3.05) is 26.4 Å². The molecule has 1 saturated carbocycles. The van der Waals surface area contributed by atoms with Crippen molar-refractivity contribution in [3.05, 3.63) is 84.1 Å². The van der Waals surface area contributed by atoms with Gasteiger partial charge in [0.2, 0.25) is 5.89 Å². The predicted molar refractivity (Wildman–Crippen MR) is 135 cm³/mol. The first-order chi connectivity index (χ1) is 16.0. The average molecular weight is 466 g/mol. The number of hydrogen-bond acceptors (Lipinski definition) is 4. The van der Waals surface area contributed by atoms with Gasteiger partial charge in [0.05, 0.1) is 26.8 Å². The fourth-order valence-electron chi connectivity index (χ4n) is 5.00. The van der Waals surface area contributed by atoms with E-state index < -0.39 is 5.60 Å². The smallest absolute Gasteiger partial charge is 0.231 e. The van der Waals surface area contributed by atoms with E-state index in [9.17, 15) is 5.11 Å². The lowest BCUT2D eigenvalue weighted by Gasteiger charge is -2.36. The van der Waals surface area contributed by atoms with Crippen LogP contribution in [-0.2, 0) is 12.1 Å². The fourth-order valence-corrected chi connectivity index (χ4v) is 5.86. The zero-order valence-electron chi connectivity index (χ0n) is 20.0. The molecule has 3 aromatic rings. The minimum atomic E-state index is -1.16. The lowest BCUT2D eigenvalue weighted by atomic mass is 9.73. The van der Waals surface area contributed by atoms with E-state index in [1.165, 1.54) is 11.3 Å². The first kappa shape index (κ1) is 24.1. The summed E-state index contributed by atoms with van der Waals surface area (Å²) in [6, 6.07) is 20.5. The van der Waals surface area contributed by atoms with E-state index in [2.05, 4.69) is 49.4 Å². The molecule has 33 heavy (non-hydrogen) atoms. The van der Waals surface area contributed by atoms with Gasteiger partial charge in [-0.15, -0.1) is 11.8 Å². The monoisotopic (exact) mass is 465 g/mol. The van der Waals surface area contributed by atoms with Gasteiger partial charge in [-0.1, -0.05) is 67.8 Å². The number of benzene rings is 2. The summed E-state index contributed by atoms with van der Waals surface area (Å²) in [6.07, 6.45) is 8.50. The van der Waals surface area contributed by atoms with Gasteiger partial charge in [-0.25, -0.2) is 4.98 Å². The van der Waals surface area contributed by atoms with Crippen LogP contribution in [0.1, 0.15) is 55.7 Å². The van der Waals surface area contributed by atoms with Crippen molar-refractivity contribution in [3.8, 4) is 0 Å². The number of aliphatic hydroxyl groups is 1. The van der Waals surface area contributed by atoms with Gasteiger partial charge in [-0.2, -0.15) is 0 Å². The number of thioether (sulfide) groups is 1. The lowest BCUT2D eigenvalue weighted by molar-refractivity contribution is -0.904. The molecule has 0 amide bonds. The number of hydrogen-bond donors (Lipinski definition) is 1. The summed E-state index contributed by atoms with van der Waals surface area (Å²) in [5.74, 6) is 2.53. The maximum atomic E-state index is 12.0. The van der Waals surface area contributed by atoms with Crippen LogP contribution >= 0.6 is 11.8 Å². The van der Waals surface area contributed by atoms with Crippen molar-refractivity contribution < 1.29 is 14.0 Å². The molecular formula is C28H37N2O2S+. The normalized spacial score (nSPS) is 17.1. The van der Waals surface area contributed by atoms with E-state index >= 15 is 0 Å². The van der Waals surface area contributed by atoms with Gasteiger partial charge in [0.25, 0.3) is 0 Å². The van der Waals surface area contributed by atoms with Gasteiger partial charge in [-0.05, 0) is 30.5 Å². The molecule has 1 N–H and O–H groups in total. The molecule has 176 valence electrons. The van der Waals surface area contributed by atoms with Crippen LogP contribution in [0.2, 0.25) is 0 Å². The highest BCUT2D eigenvalue weighted by Crippen LogP contribution is 2.43. The fraction of sp³-hybridized carbons (Fsp3) is 0.464. The van der Waals surface area contributed by atoms with E-state index in [0.717, 1.165) is 66.8 Å². The van der Waals surface area contributed by atoms with Crippen molar-refractivity contribution in [3.63, 3.8) is 0 Å². The summed E-state index contributed by atoms with van der Waals surface area (Å²) in [5.41, 5.74) is -0.277. The summed E-state index contributed by atoms with van der Waals surface area (Å²) >= 11 is 1.91. The molecule has 4 rings (SSSR count). The van der Waals surface area contributed by atoms with E-state index in [1.807, 2.05) is 48.3 Å². The molecular weight excluding hydrogens is 428 g/mol. The molecule has 1 aliphatic carbocycles. The predicted octanol–water partition coefficient (Wildman–Crippen LogP) is 6.25. The minimum Gasteiger partial charge on any atom is -0.436 e. The molecule has 1 fully saturated rings. The second-order valence-electron chi connectivity index (χ2n) is 9.93. The molecule has 0 spiro atoms. The Hall–Kier alpha value is -2.08. The van der Waals surface area contributed by atoms with Crippen molar-refractivity contribution in [2.24, 2.45) is 5.92 Å². The van der Waals surface area contributed by atoms with E-state index in [0.29, 0.717) is 5.89 Å². The Bertz CT molecular complexity index is 983. The SMILES string of the molecule is C[N+](C)(CCCSc1ccccc1)Cc1cnc(C(O)(c2ccccc2)C2CCCCC2)o1. The first-order valence-electron chi connectivity index (χ1n) is 12.2. The quantitative estimate of drug-likeness (QED) is 0.218. The summed E-state index contributed by atoms with van der Waals surface area (Å²) in [4.78, 5) is 5.95. The Morgan fingerprint density at radius 3 is 2.36 bits per heavy atom. The second-order valence-corrected chi connectivity index (χ2v) is 11.1. The van der Waals surface area contributed by atoms with Gasteiger partial charge >= 0.3 is 0 Å². The van der Waals surface area contributed by atoms with Gasteiger partial charge in [0, 0.05) is 23.0 Å². The molecule has 1 unspecified atom stereocenters. The molecule has 0 bridgehead atoms. The van der Waals surface area contributed by atoms with Gasteiger partial charge < -0.3 is 14.0 Å². The number of quaternary nitrogens is 1. The minimum absolute atomic E-state index is 0.137. The van der Waals surface area contributed by atoms with E-state index in [1.54, 1.807) is 0 Å². The first-order valence-corrected chi connectivity index (χ1v) is 13.2. The average Bonchev–Trinajstić information content (AvgIpc) is 3.31. The zero-order valence-corrected chi connectivity index (χ0v) is 20.8. The van der Waals surface area contributed by atoms with Crippen LogP contribution < -0.4 is 0 Å². The molecule has 2 aromatic carbocycles. The second kappa shape index (κ2) is 10.9. The van der Waals surface area contributed by atoms with E-state index in [4.69, 9.17) is 4.42 Å². The maximum absolute atomic E-state index is 12.0. The van der Waals surface area contributed by atoms with Crippen LogP contribution in [0.3, 0.4) is 0 Å². The van der Waals surface area contributed by atoms with Crippen molar-refractivity contribution in [2.45, 2.75) is 55.6 Å². The van der Waals surface area contributed by atoms with Crippen LogP contribution in [0.4, 0.5) is 0 Å². The van der Waals surface area contributed by atoms with Crippen LogP contribution in [0, 0.1) is 5.92 Å². The summed E-state index contributed by atoms with van der Waals surface area (Å²) in [7, 11) is 4.47. The van der Waals surface area contributed by atoms with Crippen LogP contribution in [-0.4, -0.2) is 41.0 Å². The summed E-state index contributed by atoms with van der Waals surface area (Å²) < 4.78 is 7.12. The largest absolute Gasteiger partial charge is 0.436 e. The molecule has 0 radical (unpaired) electrons. The highest BCUT2D eigenvalue weighted by Gasteiger charge is 2.44. The molecule has 1 aliphatic rings. The third-order valence-corrected chi connectivity index (χ3v) is 7.89. The number of nitrogens with zero attached hydrogens (tertiary/aromatic N) is 2. The van der Waals surface area contributed by atoms with Gasteiger partial charge in [0.1, 0.15) is 6.54 Å². The topological polar surface area (TPSA) is 46.3 Å². The molecule has 0 saturated heterocycles. The Kier molecular flexibility index (Phi) is 7.94. The number of oxazole rings is 1. The maximum Gasteiger partial charge on any atom is 0.231 e. The van der Waals surface area contributed by atoms with Crippen LogP contribution in [0.15, 0.2) is 76.2 Å². The molecule has 1 atom stereocenters. The summed E-state index contributed by atoms with van der Waals surface area (Å²) in [6.45, 7) is 1.82. The third kappa shape index (κ3) is 6.08. The van der Waals surface area contributed by atoms with E-state index in [-0.39, 0.29) is 5.92 Å². The lowest BCUT2D eigenvalue weighted by Crippen LogP contribution is -2.40. The standard InChI is InChI=1S/C28H37N2O2S/c1-30(2,19-12-20-33-26-17-10-5-11-18-26)22-25-21-29-27(32-25)28(31,23-13-6-3-7-14-23)24-15-8-4-9-16-24/h3,5-7,10-11,13-14,17-18,21,24,31H,4,8-9,12,15-16,19-20,22H2,1-2H3/q+1. The van der Waals surface area contributed by atoms with Gasteiger partial charge in [-0.3, -0.25) is 0 Å². The molecule has 0 aliphatic heterocycles. The third-order valence-electron chi connectivity index (χ3n) is 6.79. The summed E-state index contributed by atoms with van der Waals surface area (Å²) in [5, 5.41) is 12.0. The molecule has 5 heteroatoms. The number of rotatable bonds is 10. The van der Waals surface area contributed by atoms with Crippen LogP contribution in [0.25, 0.3) is 0 Å². The zero-order chi connectivity index (χ0) is 23.2. The molecule has 1 heterocycles. The van der Waals surface area contributed by atoms with Crippen LogP contribution in [0.5, 0.6) is 0 Å². The highest BCUT2D eigenvalue weighted by molar-refractivity contribution is 7.99. The van der Waals surface area contributed by atoms with Crippen molar-refractivity contribution >= 4 is 11.8 Å². The Morgan fingerprint density at radius 2 is 1.67 bits per heavy atom. The van der Waals surface area contributed by atoms with Gasteiger partial charge in [0.15, 0.2) is 11.4 Å². The Morgan fingerprint density at radius 1 is 1.00 bits per heavy atom. The van der Waals surface area contributed by atoms with Crippen molar-refractivity contribution in [1.82, 2.24) is 4.98 Å². The highest BCUT2D eigenvalue weighted by atomic mass is 32.2. The Labute approximate surface area is 202 Å². The molecule has 1 aromatic heterocycles. The van der Waals surface area contributed by atoms with Crippen molar-refractivity contribution in [1.29, 1.82) is 0 Å². The number of aromatic nitrogens is 1. The Balaban J connectivity index is 1.42.